The van der Waals surface area contributed by atoms with Crippen molar-refractivity contribution in [3.05, 3.63) is 66.5 Å². The first-order valence-electron chi connectivity index (χ1n) is 8.06. The third-order valence-electron chi connectivity index (χ3n) is 4.07. The zero-order valence-corrected chi connectivity index (χ0v) is 13.6. The molecule has 0 radical (unpaired) electrons. The average molecular weight is 334 g/mol. The fourth-order valence-corrected chi connectivity index (χ4v) is 2.70. The van der Waals surface area contributed by atoms with Crippen LogP contribution in [0.1, 0.15) is 11.6 Å². The van der Waals surface area contributed by atoms with E-state index in [1.54, 1.807) is 0 Å². The Hall–Kier alpha value is -3.12. The number of anilines is 1. The number of nitrogens with one attached hydrogen (secondary N) is 1. The van der Waals surface area contributed by atoms with Crippen LogP contribution in [0.15, 0.2) is 60.9 Å². The van der Waals surface area contributed by atoms with Gasteiger partial charge >= 0.3 is 0 Å². The second-order valence-electron chi connectivity index (χ2n) is 5.75. The molecule has 1 aromatic heterocycles. The van der Waals surface area contributed by atoms with Crippen molar-refractivity contribution in [1.82, 2.24) is 9.97 Å². The molecule has 0 bridgehead atoms. The molecule has 6 nitrogen and oxygen atoms in total. The molecule has 25 heavy (non-hydrogen) atoms. The number of ether oxygens (including phenoxy) is 2. The largest absolute Gasteiger partial charge is 0.454 e. The van der Waals surface area contributed by atoms with E-state index in [9.17, 15) is 0 Å². The number of nitrogens with zero attached hydrogens (tertiary/aromatic N) is 2. The third-order valence-corrected chi connectivity index (χ3v) is 4.07. The van der Waals surface area contributed by atoms with Gasteiger partial charge < -0.3 is 20.5 Å². The summed E-state index contributed by atoms with van der Waals surface area (Å²) in [6.07, 6.45) is 1.54. The lowest BCUT2D eigenvalue weighted by Gasteiger charge is -2.14. The molecule has 2 aromatic carbocycles. The first kappa shape index (κ1) is 15.4. The van der Waals surface area contributed by atoms with Crippen LogP contribution in [0, 0.1) is 0 Å². The highest BCUT2D eigenvalue weighted by Gasteiger charge is 2.14. The third kappa shape index (κ3) is 3.39. The maximum atomic E-state index is 6.22. The molecule has 1 atom stereocenters. The number of rotatable bonds is 5. The van der Waals surface area contributed by atoms with E-state index in [4.69, 9.17) is 15.2 Å². The molecule has 0 aliphatic carbocycles. The summed E-state index contributed by atoms with van der Waals surface area (Å²) in [6.45, 7) is 0.842. The number of aromatic nitrogens is 2. The van der Waals surface area contributed by atoms with E-state index in [2.05, 4.69) is 15.3 Å². The molecule has 0 unspecified atom stereocenters. The molecule has 3 N–H and O–H groups in total. The van der Waals surface area contributed by atoms with Gasteiger partial charge in [-0.3, -0.25) is 0 Å². The highest BCUT2D eigenvalue weighted by atomic mass is 16.7. The van der Waals surface area contributed by atoms with Crippen molar-refractivity contribution in [3.63, 3.8) is 0 Å². The van der Waals surface area contributed by atoms with E-state index in [1.165, 1.54) is 6.33 Å². The monoisotopic (exact) mass is 334 g/mol. The Kier molecular flexibility index (Phi) is 4.18. The van der Waals surface area contributed by atoms with E-state index >= 15 is 0 Å². The normalized spacial score (nSPS) is 13.5. The van der Waals surface area contributed by atoms with Crippen LogP contribution in [-0.2, 0) is 0 Å². The summed E-state index contributed by atoms with van der Waals surface area (Å²) in [7, 11) is 0. The fraction of sp³-hybridized carbons (Fsp3) is 0.158. The minimum atomic E-state index is -0.106. The zero-order valence-electron chi connectivity index (χ0n) is 13.6. The molecule has 0 amide bonds. The molecule has 2 heterocycles. The lowest BCUT2D eigenvalue weighted by molar-refractivity contribution is 0.174. The predicted octanol–water partition coefficient (Wildman–Crippen LogP) is 2.98. The van der Waals surface area contributed by atoms with E-state index in [0.29, 0.717) is 6.54 Å². The number of hydrogen-bond donors (Lipinski definition) is 2. The van der Waals surface area contributed by atoms with Gasteiger partial charge in [-0.2, -0.15) is 0 Å². The first-order chi connectivity index (χ1) is 12.3. The standard InChI is InChI=1S/C19H18N4O2/c20-15(13-4-2-1-3-5-13)10-21-19-9-16(22-11-23-19)14-6-7-17-18(8-14)25-12-24-17/h1-9,11,15H,10,12,20H2,(H,21,22,23)/t15-/m0/s1. The summed E-state index contributed by atoms with van der Waals surface area (Å²) < 4.78 is 10.8. The molecule has 0 fully saturated rings. The van der Waals surface area contributed by atoms with Crippen LogP contribution in [-0.4, -0.2) is 23.3 Å². The topological polar surface area (TPSA) is 82.3 Å². The Bertz CT molecular complexity index is 870. The van der Waals surface area contributed by atoms with E-state index in [0.717, 1.165) is 34.1 Å². The minimum Gasteiger partial charge on any atom is -0.454 e. The summed E-state index contributed by atoms with van der Waals surface area (Å²) in [5.41, 5.74) is 9.06. The van der Waals surface area contributed by atoms with Gasteiger partial charge in [-0.25, -0.2) is 9.97 Å². The molecule has 4 rings (SSSR count). The molecule has 126 valence electrons. The summed E-state index contributed by atoms with van der Waals surface area (Å²) in [4.78, 5) is 8.61. The van der Waals surface area contributed by atoms with Crippen LogP contribution < -0.4 is 20.5 Å². The van der Waals surface area contributed by atoms with E-state index in [1.807, 2.05) is 54.6 Å². The van der Waals surface area contributed by atoms with Crippen molar-refractivity contribution in [3.8, 4) is 22.8 Å². The van der Waals surface area contributed by atoms with Gasteiger partial charge in [0, 0.05) is 24.2 Å². The van der Waals surface area contributed by atoms with Crippen molar-refractivity contribution < 1.29 is 9.47 Å². The molecular formula is C19H18N4O2. The Morgan fingerprint density at radius 3 is 2.72 bits per heavy atom. The van der Waals surface area contributed by atoms with Crippen molar-refractivity contribution in [2.24, 2.45) is 5.73 Å². The van der Waals surface area contributed by atoms with Crippen molar-refractivity contribution in [2.75, 3.05) is 18.7 Å². The maximum Gasteiger partial charge on any atom is 0.231 e. The highest BCUT2D eigenvalue weighted by Crippen LogP contribution is 2.35. The van der Waals surface area contributed by atoms with Gasteiger partial charge in [-0.05, 0) is 23.8 Å². The van der Waals surface area contributed by atoms with E-state index in [-0.39, 0.29) is 12.8 Å². The summed E-state index contributed by atoms with van der Waals surface area (Å²) in [5.74, 6) is 2.22. The minimum absolute atomic E-state index is 0.106. The number of fused-ring (bicyclic) bond motifs is 1. The van der Waals surface area contributed by atoms with Crippen LogP contribution in [0.5, 0.6) is 11.5 Å². The number of benzene rings is 2. The molecule has 1 aliphatic heterocycles. The Morgan fingerprint density at radius 1 is 1.00 bits per heavy atom. The lowest BCUT2D eigenvalue weighted by atomic mass is 10.1. The van der Waals surface area contributed by atoms with Gasteiger partial charge in [0.2, 0.25) is 6.79 Å². The summed E-state index contributed by atoms with van der Waals surface area (Å²) in [5, 5.41) is 3.27. The van der Waals surface area contributed by atoms with Crippen LogP contribution in [0.3, 0.4) is 0 Å². The van der Waals surface area contributed by atoms with E-state index < -0.39 is 0 Å². The molecule has 0 saturated heterocycles. The smallest absolute Gasteiger partial charge is 0.231 e. The quantitative estimate of drug-likeness (QED) is 0.746. The van der Waals surface area contributed by atoms with Gasteiger partial charge in [-0.15, -0.1) is 0 Å². The number of nitrogens with two attached hydrogens (primary N) is 1. The van der Waals surface area contributed by atoms with Crippen molar-refractivity contribution in [1.29, 1.82) is 0 Å². The molecule has 3 aromatic rings. The van der Waals surface area contributed by atoms with Crippen molar-refractivity contribution in [2.45, 2.75) is 6.04 Å². The highest BCUT2D eigenvalue weighted by molar-refractivity contribution is 5.66. The predicted molar refractivity (Wildman–Crippen MR) is 95.5 cm³/mol. The van der Waals surface area contributed by atoms with Crippen LogP contribution in [0.4, 0.5) is 5.82 Å². The maximum absolute atomic E-state index is 6.22. The summed E-state index contributed by atoms with van der Waals surface area (Å²) >= 11 is 0. The van der Waals surface area contributed by atoms with Gasteiger partial charge in [-0.1, -0.05) is 30.3 Å². The van der Waals surface area contributed by atoms with Crippen LogP contribution >= 0.6 is 0 Å². The molecular weight excluding hydrogens is 316 g/mol. The molecule has 1 aliphatic rings. The van der Waals surface area contributed by atoms with Crippen molar-refractivity contribution >= 4 is 5.82 Å². The average Bonchev–Trinajstić information content (AvgIpc) is 3.15. The van der Waals surface area contributed by atoms with Crippen LogP contribution in [0.2, 0.25) is 0 Å². The zero-order chi connectivity index (χ0) is 17.1. The SMILES string of the molecule is N[C@@H](CNc1cc(-c2ccc3c(c2)OCO3)ncn1)c1ccccc1. The van der Waals surface area contributed by atoms with Crippen LogP contribution in [0.25, 0.3) is 11.3 Å². The van der Waals surface area contributed by atoms with Gasteiger partial charge in [0.15, 0.2) is 11.5 Å². The summed E-state index contributed by atoms with van der Waals surface area (Å²) in [6, 6.07) is 17.5. The molecule has 6 heteroatoms. The van der Waals surface area contributed by atoms with Gasteiger partial charge in [0.1, 0.15) is 12.1 Å². The second-order valence-corrected chi connectivity index (χ2v) is 5.75. The lowest BCUT2D eigenvalue weighted by Crippen LogP contribution is -2.20. The fourth-order valence-electron chi connectivity index (χ4n) is 2.70. The van der Waals surface area contributed by atoms with Gasteiger partial charge in [0.05, 0.1) is 5.69 Å². The Morgan fingerprint density at radius 2 is 1.84 bits per heavy atom. The Labute approximate surface area is 145 Å². The first-order valence-corrected chi connectivity index (χ1v) is 8.06. The van der Waals surface area contributed by atoms with Gasteiger partial charge in [0.25, 0.3) is 0 Å². The molecule has 0 saturated carbocycles. The molecule has 0 spiro atoms. The number of hydrogen-bond acceptors (Lipinski definition) is 6. The second kappa shape index (κ2) is 6.78. The Balaban J connectivity index is 1.48.